The smallest absolute Gasteiger partial charge is 0.307 e. The lowest BCUT2D eigenvalue weighted by molar-refractivity contribution is -0.136. The van der Waals surface area contributed by atoms with Gasteiger partial charge in [-0.15, -0.1) is 0 Å². The molecule has 0 saturated heterocycles. The summed E-state index contributed by atoms with van der Waals surface area (Å²) in [4.78, 5) is 14.9. The summed E-state index contributed by atoms with van der Waals surface area (Å²) in [6, 6.07) is 12.0. The van der Waals surface area contributed by atoms with Crippen LogP contribution in [-0.2, 0) is 11.2 Å². The molecule has 0 unspecified atom stereocenters. The van der Waals surface area contributed by atoms with Crippen LogP contribution in [0, 0.1) is 0 Å². The largest absolute Gasteiger partial charge is 0.481 e. The third kappa shape index (κ3) is 3.41. The van der Waals surface area contributed by atoms with Crippen LogP contribution in [0.1, 0.15) is 30.9 Å². The minimum atomic E-state index is -0.837. The topological polar surface area (TPSA) is 50.2 Å². The number of rotatable bonds is 4. The molecule has 3 nitrogen and oxygen atoms in total. The van der Waals surface area contributed by atoms with Crippen LogP contribution in [0.25, 0.3) is 11.3 Å². The molecule has 0 amide bonds. The molecule has 19 heavy (non-hydrogen) atoms. The summed E-state index contributed by atoms with van der Waals surface area (Å²) in [6.45, 7) is 4.32. The molecule has 0 saturated carbocycles. The minimum absolute atomic E-state index is 0.0135. The van der Waals surface area contributed by atoms with Gasteiger partial charge in [-0.2, -0.15) is 0 Å². The maximum absolute atomic E-state index is 10.6. The second-order valence-corrected chi connectivity index (χ2v) is 4.90. The quantitative estimate of drug-likeness (QED) is 0.909. The molecule has 1 heterocycles. The maximum Gasteiger partial charge on any atom is 0.307 e. The van der Waals surface area contributed by atoms with Crippen LogP contribution in [0.5, 0.6) is 0 Å². The van der Waals surface area contributed by atoms with Gasteiger partial charge in [-0.25, -0.2) is 0 Å². The highest BCUT2D eigenvalue weighted by Crippen LogP contribution is 2.21. The van der Waals surface area contributed by atoms with Crippen molar-refractivity contribution < 1.29 is 9.90 Å². The van der Waals surface area contributed by atoms with Gasteiger partial charge in [0, 0.05) is 11.8 Å². The van der Waals surface area contributed by atoms with Crippen LogP contribution in [0.4, 0.5) is 0 Å². The van der Waals surface area contributed by atoms with Crippen LogP contribution >= 0.6 is 0 Å². The van der Waals surface area contributed by atoms with Gasteiger partial charge in [0.2, 0.25) is 0 Å². The van der Waals surface area contributed by atoms with Gasteiger partial charge in [-0.3, -0.25) is 9.78 Å². The van der Waals surface area contributed by atoms with Crippen LogP contribution in [0.15, 0.2) is 42.6 Å². The van der Waals surface area contributed by atoms with Crippen molar-refractivity contribution in [2.24, 2.45) is 0 Å². The van der Waals surface area contributed by atoms with Gasteiger partial charge in [0.05, 0.1) is 12.1 Å². The number of carboxylic acids is 1. The first-order chi connectivity index (χ1) is 9.06. The monoisotopic (exact) mass is 255 g/mol. The Morgan fingerprint density at radius 3 is 2.32 bits per heavy atom. The van der Waals surface area contributed by atoms with E-state index in [0.29, 0.717) is 5.92 Å². The van der Waals surface area contributed by atoms with Crippen molar-refractivity contribution in [3.63, 3.8) is 0 Å². The standard InChI is InChI=1S/C16H17NO2/c1-11(2)13-4-6-14(7-5-13)15-8-3-12(10-17-15)9-16(18)19/h3-8,10-11H,9H2,1-2H3,(H,18,19). The first kappa shape index (κ1) is 13.3. The number of pyridine rings is 1. The summed E-state index contributed by atoms with van der Waals surface area (Å²) in [6.07, 6.45) is 1.64. The highest BCUT2D eigenvalue weighted by Gasteiger charge is 2.04. The average Bonchev–Trinajstić information content (AvgIpc) is 2.39. The molecule has 0 spiro atoms. The fourth-order valence-corrected chi connectivity index (χ4v) is 1.91. The Hall–Kier alpha value is -2.16. The zero-order valence-corrected chi connectivity index (χ0v) is 11.1. The Morgan fingerprint density at radius 1 is 1.16 bits per heavy atom. The molecule has 0 bridgehead atoms. The Morgan fingerprint density at radius 2 is 1.84 bits per heavy atom. The van der Waals surface area contributed by atoms with E-state index in [-0.39, 0.29) is 6.42 Å². The zero-order valence-electron chi connectivity index (χ0n) is 11.1. The lowest BCUT2D eigenvalue weighted by atomic mass is 10.0. The Kier molecular flexibility index (Phi) is 3.95. The van der Waals surface area contributed by atoms with E-state index < -0.39 is 5.97 Å². The van der Waals surface area contributed by atoms with Crippen molar-refractivity contribution in [3.8, 4) is 11.3 Å². The third-order valence-electron chi connectivity index (χ3n) is 3.05. The summed E-state index contributed by atoms with van der Waals surface area (Å²) in [5, 5.41) is 8.71. The van der Waals surface area contributed by atoms with E-state index in [1.54, 1.807) is 6.20 Å². The van der Waals surface area contributed by atoms with Crippen molar-refractivity contribution in [2.75, 3.05) is 0 Å². The average molecular weight is 255 g/mol. The molecule has 1 aromatic carbocycles. The van der Waals surface area contributed by atoms with Gasteiger partial charge in [-0.05, 0) is 23.1 Å². The molecule has 0 aliphatic heterocycles. The summed E-state index contributed by atoms with van der Waals surface area (Å²) in [5.41, 5.74) is 3.93. The summed E-state index contributed by atoms with van der Waals surface area (Å²) < 4.78 is 0. The van der Waals surface area contributed by atoms with Gasteiger partial charge in [0.15, 0.2) is 0 Å². The number of benzene rings is 1. The lowest BCUT2D eigenvalue weighted by Gasteiger charge is -2.07. The number of hydrogen-bond donors (Lipinski definition) is 1. The normalized spacial score (nSPS) is 10.7. The highest BCUT2D eigenvalue weighted by atomic mass is 16.4. The molecule has 1 N–H and O–H groups in total. The fourth-order valence-electron chi connectivity index (χ4n) is 1.91. The Balaban J connectivity index is 2.19. The van der Waals surface area contributed by atoms with E-state index in [1.807, 2.05) is 12.1 Å². The van der Waals surface area contributed by atoms with Gasteiger partial charge in [0.25, 0.3) is 0 Å². The van der Waals surface area contributed by atoms with Gasteiger partial charge >= 0.3 is 5.97 Å². The molecule has 0 atom stereocenters. The third-order valence-corrected chi connectivity index (χ3v) is 3.05. The van der Waals surface area contributed by atoms with Crippen LogP contribution in [0.3, 0.4) is 0 Å². The molecule has 2 rings (SSSR count). The second-order valence-electron chi connectivity index (χ2n) is 4.90. The van der Waals surface area contributed by atoms with E-state index in [4.69, 9.17) is 5.11 Å². The number of carbonyl (C=O) groups is 1. The number of carboxylic acid groups (broad SMARTS) is 1. The lowest BCUT2D eigenvalue weighted by Crippen LogP contribution is -2.00. The summed E-state index contributed by atoms with van der Waals surface area (Å²) >= 11 is 0. The predicted molar refractivity (Wildman–Crippen MR) is 75.1 cm³/mol. The van der Waals surface area contributed by atoms with Crippen molar-refractivity contribution in [1.29, 1.82) is 0 Å². The van der Waals surface area contributed by atoms with E-state index >= 15 is 0 Å². The number of nitrogens with zero attached hydrogens (tertiary/aromatic N) is 1. The first-order valence-electron chi connectivity index (χ1n) is 6.33. The van der Waals surface area contributed by atoms with Crippen molar-refractivity contribution in [1.82, 2.24) is 4.98 Å². The zero-order chi connectivity index (χ0) is 13.8. The maximum atomic E-state index is 10.6. The van der Waals surface area contributed by atoms with Crippen molar-refractivity contribution in [2.45, 2.75) is 26.2 Å². The number of aromatic nitrogens is 1. The van der Waals surface area contributed by atoms with Crippen LogP contribution < -0.4 is 0 Å². The van der Waals surface area contributed by atoms with E-state index in [0.717, 1.165) is 16.8 Å². The number of aliphatic carboxylic acids is 1. The molecule has 0 aliphatic carbocycles. The summed E-state index contributed by atoms with van der Waals surface area (Å²) in [7, 11) is 0. The van der Waals surface area contributed by atoms with E-state index in [2.05, 4.69) is 43.1 Å². The predicted octanol–water partition coefficient (Wildman–Crippen LogP) is 3.50. The van der Waals surface area contributed by atoms with Crippen molar-refractivity contribution >= 4 is 5.97 Å². The van der Waals surface area contributed by atoms with Crippen molar-refractivity contribution in [3.05, 3.63) is 53.7 Å². The molecule has 0 aliphatic rings. The molecule has 98 valence electrons. The molecular weight excluding hydrogens is 238 g/mol. The van der Waals surface area contributed by atoms with E-state index in [1.165, 1.54) is 5.56 Å². The Bertz CT molecular complexity index is 556. The Labute approximate surface area is 112 Å². The first-order valence-corrected chi connectivity index (χ1v) is 6.33. The molecule has 3 heteroatoms. The fraction of sp³-hybridized carbons (Fsp3) is 0.250. The van der Waals surface area contributed by atoms with Gasteiger partial charge in [0.1, 0.15) is 0 Å². The summed E-state index contributed by atoms with van der Waals surface area (Å²) in [5.74, 6) is -0.323. The van der Waals surface area contributed by atoms with Gasteiger partial charge in [-0.1, -0.05) is 44.2 Å². The molecule has 0 radical (unpaired) electrons. The van der Waals surface area contributed by atoms with Crippen LogP contribution in [0.2, 0.25) is 0 Å². The minimum Gasteiger partial charge on any atom is -0.481 e. The molecular formula is C16H17NO2. The van der Waals surface area contributed by atoms with Gasteiger partial charge < -0.3 is 5.11 Å². The van der Waals surface area contributed by atoms with Crippen LogP contribution in [-0.4, -0.2) is 16.1 Å². The molecule has 0 fully saturated rings. The highest BCUT2D eigenvalue weighted by molar-refractivity contribution is 5.70. The van der Waals surface area contributed by atoms with E-state index in [9.17, 15) is 4.79 Å². The molecule has 2 aromatic rings. The SMILES string of the molecule is CC(C)c1ccc(-c2ccc(CC(=O)O)cn2)cc1. The molecule has 1 aromatic heterocycles. The number of hydrogen-bond acceptors (Lipinski definition) is 2. The second kappa shape index (κ2) is 5.65.